The van der Waals surface area contributed by atoms with Crippen molar-refractivity contribution in [3.63, 3.8) is 0 Å². The highest BCUT2D eigenvalue weighted by molar-refractivity contribution is 4.82. The van der Waals surface area contributed by atoms with E-state index in [0.717, 1.165) is 26.1 Å². The second kappa shape index (κ2) is 3.88. The van der Waals surface area contributed by atoms with Crippen LogP contribution >= 0.6 is 0 Å². The van der Waals surface area contributed by atoms with Gasteiger partial charge in [0.25, 0.3) is 0 Å². The molecule has 1 aliphatic rings. The van der Waals surface area contributed by atoms with Crippen LogP contribution in [0.2, 0.25) is 0 Å². The maximum Gasteiger partial charge on any atom is 0.0704 e. The molecule has 0 saturated carbocycles. The van der Waals surface area contributed by atoms with Gasteiger partial charge in [-0.15, -0.1) is 6.58 Å². The first-order valence-electron chi connectivity index (χ1n) is 4.25. The van der Waals surface area contributed by atoms with Gasteiger partial charge in [-0.25, -0.2) is 0 Å². The van der Waals surface area contributed by atoms with Crippen LogP contribution < -0.4 is 0 Å². The molecule has 1 rings (SSSR count). The van der Waals surface area contributed by atoms with E-state index in [-0.39, 0.29) is 6.10 Å². The number of β-amino-alcohol motifs (C(OH)–C–C–N with tert-alkyl or cyclic N) is 1. The number of aliphatic hydroxyl groups excluding tert-OH is 1. The predicted octanol–water partition coefficient (Wildman–Crippen LogP) is 0.875. The molecule has 0 aliphatic carbocycles. The van der Waals surface area contributed by atoms with Gasteiger partial charge in [-0.05, 0) is 12.3 Å². The SMILES string of the molecule is C=CCCN1CC(C)C(O)C1. The third kappa shape index (κ3) is 2.31. The Bertz CT molecular complexity index is 126. The van der Waals surface area contributed by atoms with Gasteiger partial charge in [-0.1, -0.05) is 13.0 Å². The summed E-state index contributed by atoms with van der Waals surface area (Å²) in [6, 6.07) is 0. The molecule has 1 fully saturated rings. The molecule has 2 nitrogen and oxygen atoms in total. The lowest BCUT2D eigenvalue weighted by atomic mass is 10.1. The molecular weight excluding hydrogens is 138 g/mol. The molecule has 0 amide bonds. The zero-order valence-electron chi connectivity index (χ0n) is 7.16. The predicted molar refractivity (Wildman–Crippen MR) is 46.4 cm³/mol. The second-order valence-electron chi connectivity index (χ2n) is 3.38. The summed E-state index contributed by atoms with van der Waals surface area (Å²) in [4.78, 5) is 2.29. The Morgan fingerprint density at radius 1 is 1.64 bits per heavy atom. The molecule has 1 saturated heterocycles. The monoisotopic (exact) mass is 155 g/mol. The molecule has 0 radical (unpaired) electrons. The van der Waals surface area contributed by atoms with Gasteiger partial charge in [-0.3, -0.25) is 0 Å². The van der Waals surface area contributed by atoms with E-state index in [0.29, 0.717) is 5.92 Å². The average Bonchev–Trinajstić information content (AvgIpc) is 2.28. The van der Waals surface area contributed by atoms with E-state index in [4.69, 9.17) is 0 Å². The Balaban J connectivity index is 2.23. The van der Waals surface area contributed by atoms with Crippen molar-refractivity contribution in [1.29, 1.82) is 0 Å². The number of hydrogen-bond donors (Lipinski definition) is 1. The maximum atomic E-state index is 9.40. The lowest BCUT2D eigenvalue weighted by molar-refractivity contribution is 0.148. The molecule has 64 valence electrons. The minimum Gasteiger partial charge on any atom is -0.391 e. The molecular formula is C9H17NO. The molecule has 1 N–H and O–H groups in total. The van der Waals surface area contributed by atoms with Gasteiger partial charge in [0.05, 0.1) is 6.10 Å². The number of hydrogen-bond acceptors (Lipinski definition) is 2. The number of likely N-dealkylation sites (tertiary alicyclic amines) is 1. The van der Waals surface area contributed by atoms with Gasteiger partial charge in [-0.2, -0.15) is 0 Å². The Hall–Kier alpha value is -0.340. The van der Waals surface area contributed by atoms with Crippen LogP contribution in [0.5, 0.6) is 0 Å². The molecule has 1 heterocycles. The van der Waals surface area contributed by atoms with Crippen molar-refractivity contribution in [3.8, 4) is 0 Å². The van der Waals surface area contributed by atoms with E-state index < -0.39 is 0 Å². The summed E-state index contributed by atoms with van der Waals surface area (Å²) in [5.74, 6) is 0.444. The molecule has 1 aliphatic heterocycles. The Morgan fingerprint density at radius 3 is 2.82 bits per heavy atom. The highest BCUT2D eigenvalue weighted by Gasteiger charge is 2.26. The summed E-state index contributed by atoms with van der Waals surface area (Å²) < 4.78 is 0. The summed E-state index contributed by atoms with van der Waals surface area (Å²) in [6.07, 6.45) is 2.84. The summed E-state index contributed by atoms with van der Waals surface area (Å²) in [5, 5.41) is 9.40. The van der Waals surface area contributed by atoms with Gasteiger partial charge in [0, 0.05) is 19.6 Å². The van der Waals surface area contributed by atoms with Crippen molar-refractivity contribution in [2.75, 3.05) is 19.6 Å². The van der Waals surface area contributed by atoms with E-state index in [1.54, 1.807) is 0 Å². The Kier molecular flexibility index (Phi) is 3.09. The largest absolute Gasteiger partial charge is 0.391 e. The standard InChI is InChI=1S/C9H17NO/c1-3-4-5-10-6-8(2)9(11)7-10/h3,8-9,11H,1,4-7H2,2H3. The van der Waals surface area contributed by atoms with E-state index in [1.807, 2.05) is 6.08 Å². The van der Waals surface area contributed by atoms with E-state index in [2.05, 4.69) is 18.4 Å². The Labute approximate surface area is 68.5 Å². The highest BCUT2D eigenvalue weighted by atomic mass is 16.3. The fourth-order valence-electron chi connectivity index (χ4n) is 1.50. The second-order valence-corrected chi connectivity index (χ2v) is 3.38. The van der Waals surface area contributed by atoms with E-state index in [9.17, 15) is 5.11 Å². The molecule has 0 aromatic rings. The lowest BCUT2D eigenvalue weighted by Gasteiger charge is -2.12. The minimum absolute atomic E-state index is 0.111. The highest BCUT2D eigenvalue weighted by Crippen LogP contribution is 2.15. The number of aliphatic hydroxyl groups is 1. The fraction of sp³-hybridized carbons (Fsp3) is 0.778. The molecule has 0 aromatic heterocycles. The van der Waals surface area contributed by atoms with Crippen LogP contribution in [0.3, 0.4) is 0 Å². The number of nitrogens with zero attached hydrogens (tertiary/aromatic N) is 1. The first-order valence-corrected chi connectivity index (χ1v) is 4.25. The molecule has 2 heteroatoms. The van der Waals surface area contributed by atoms with Crippen LogP contribution in [0.4, 0.5) is 0 Å². The van der Waals surface area contributed by atoms with Crippen LogP contribution in [0.1, 0.15) is 13.3 Å². The van der Waals surface area contributed by atoms with Gasteiger partial charge in [0.2, 0.25) is 0 Å². The normalized spacial score (nSPS) is 32.5. The number of rotatable bonds is 3. The third-order valence-electron chi connectivity index (χ3n) is 2.30. The third-order valence-corrected chi connectivity index (χ3v) is 2.30. The van der Waals surface area contributed by atoms with Crippen molar-refractivity contribution < 1.29 is 5.11 Å². The van der Waals surface area contributed by atoms with Crippen LogP contribution in [0.25, 0.3) is 0 Å². The van der Waals surface area contributed by atoms with Gasteiger partial charge < -0.3 is 10.0 Å². The van der Waals surface area contributed by atoms with E-state index >= 15 is 0 Å². The fourth-order valence-corrected chi connectivity index (χ4v) is 1.50. The van der Waals surface area contributed by atoms with Crippen molar-refractivity contribution in [2.45, 2.75) is 19.4 Å². The van der Waals surface area contributed by atoms with Crippen LogP contribution in [-0.2, 0) is 0 Å². The Morgan fingerprint density at radius 2 is 2.36 bits per heavy atom. The molecule has 11 heavy (non-hydrogen) atoms. The summed E-state index contributed by atoms with van der Waals surface area (Å²) in [7, 11) is 0. The van der Waals surface area contributed by atoms with Crippen molar-refractivity contribution in [2.24, 2.45) is 5.92 Å². The van der Waals surface area contributed by atoms with Gasteiger partial charge in [0.15, 0.2) is 0 Å². The first kappa shape index (κ1) is 8.75. The van der Waals surface area contributed by atoms with Crippen LogP contribution in [0, 0.1) is 5.92 Å². The average molecular weight is 155 g/mol. The minimum atomic E-state index is -0.111. The quantitative estimate of drug-likeness (QED) is 0.611. The summed E-state index contributed by atoms with van der Waals surface area (Å²) >= 11 is 0. The van der Waals surface area contributed by atoms with Crippen molar-refractivity contribution in [3.05, 3.63) is 12.7 Å². The maximum absolute atomic E-state index is 9.40. The zero-order chi connectivity index (χ0) is 8.27. The van der Waals surface area contributed by atoms with Crippen molar-refractivity contribution >= 4 is 0 Å². The molecule has 2 unspecified atom stereocenters. The molecule has 0 aromatic carbocycles. The lowest BCUT2D eigenvalue weighted by Crippen LogP contribution is -2.22. The summed E-state index contributed by atoms with van der Waals surface area (Å²) in [6.45, 7) is 8.69. The van der Waals surface area contributed by atoms with Gasteiger partial charge in [0.1, 0.15) is 0 Å². The smallest absolute Gasteiger partial charge is 0.0704 e. The first-order chi connectivity index (χ1) is 5.24. The van der Waals surface area contributed by atoms with Gasteiger partial charge >= 0.3 is 0 Å². The van der Waals surface area contributed by atoms with Crippen LogP contribution in [0.15, 0.2) is 12.7 Å². The van der Waals surface area contributed by atoms with Crippen molar-refractivity contribution in [1.82, 2.24) is 4.90 Å². The zero-order valence-corrected chi connectivity index (χ0v) is 7.16. The topological polar surface area (TPSA) is 23.5 Å². The molecule has 0 spiro atoms. The summed E-state index contributed by atoms with van der Waals surface area (Å²) in [5.41, 5.74) is 0. The van der Waals surface area contributed by atoms with E-state index in [1.165, 1.54) is 0 Å². The molecule has 2 atom stereocenters. The molecule has 0 bridgehead atoms. The van der Waals surface area contributed by atoms with Crippen LogP contribution in [-0.4, -0.2) is 35.7 Å².